The third-order valence-electron chi connectivity index (χ3n) is 5.73. The fourth-order valence-corrected chi connectivity index (χ4v) is 4.35. The number of hydrogen-bond donors (Lipinski definition) is 0. The van der Waals surface area contributed by atoms with Gasteiger partial charge in [0, 0.05) is 38.0 Å². The van der Waals surface area contributed by atoms with Crippen molar-refractivity contribution >= 4 is 11.7 Å². The molecule has 0 unspecified atom stereocenters. The van der Waals surface area contributed by atoms with Crippen LogP contribution in [0.25, 0.3) is 0 Å². The molecule has 136 valence electrons. The minimum Gasteiger partial charge on any atom is -0.355 e. The molecule has 3 heterocycles. The monoisotopic (exact) mass is 350 g/mol. The normalized spacial score (nSPS) is 23.5. The zero-order valence-corrected chi connectivity index (χ0v) is 15.4. The van der Waals surface area contributed by atoms with Crippen LogP contribution in [0, 0.1) is 12.3 Å². The Morgan fingerprint density at radius 2 is 1.88 bits per heavy atom. The lowest BCUT2D eigenvalue weighted by Crippen LogP contribution is -2.54. The Balaban J connectivity index is 1.49. The van der Waals surface area contributed by atoms with Gasteiger partial charge in [0.25, 0.3) is 0 Å². The molecule has 0 N–H and O–H groups in total. The molecular formula is C21H26N4O. The molecule has 26 heavy (non-hydrogen) atoms. The molecule has 1 atom stereocenters. The van der Waals surface area contributed by atoms with E-state index < -0.39 is 0 Å². The molecule has 1 amide bonds. The van der Waals surface area contributed by atoms with Gasteiger partial charge in [0.2, 0.25) is 5.91 Å². The molecule has 2 saturated heterocycles. The highest BCUT2D eigenvalue weighted by Crippen LogP contribution is 2.40. The molecule has 1 spiro atoms. The van der Waals surface area contributed by atoms with Crippen molar-refractivity contribution in [3.63, 3.8) is 0 Å². The number of piperidine rings is 2. The van der Waals surface area contributed by atoms with E-state index in [1.165, 1.54) is 12.0 Å². The van der Waals surface area contributed by atoms with Crippen LogP contribution in [0.1, 0.15) is 36.9 Å². The first-order chi connectivity index (χ1) is 12.6. The van der Waals surface area contributed by atoms with Crippen LogP contribution in [-0.4, -0.2) is 40.6 Å². The first-order valence-electron chi connectivity index (χ1n) is 9.51. The van der Waals surface area contributed by atoms with Gasteiger partial charge in [0.15, 0.2) is 5.82 Å². The first kappa shape index (κ1) is 17.0. The van der Waals surface area contributed by atoms with E-state index >= 15 is 0 Å². The minimum atomic E-state index is 0.174. The van der Waals surface area contributed by atoms with E-state index in [2.05, 4.69) is 38.2 Å². The van der Waals surface area contributed by atoms with Crippen molar-refractivity contribution in [2.45, 2.75) is 39.2 Å². The largest absolute Gasteiger partial charge is 0.355 e. The van der Waals surface area contributed by atoms with E-state index in [4.69, 9.17) is 0 Å². The van der Waals surface area contributed by atoms with Crippen LogP contribution in [0.2, 0.25) is 0 Å². The molecule has 1 aromatic carbocycles. The number of hydrogen-bond acceptors (Lipinski definition) is 4. The van der Waals surface area contributed by atoms with Crippen molar-refractivity contribution < 1.29 is 4.79 Å². The van der Waals surface area contributed by atoms with Crippen LogP contribution >= 0.6 is 0 Å². The van der Waals surface area contributed by atoms with Gasteiger partial charge < -0.3 is 9.80 Å². The lowest BCUT2D eigenvalue weighted by molar-refractivity contribution is -0.138. The van der Waals surface area contributed by atoms with Gasteiger partial charge in [-0.15, -0.1) is 5.10 Å². The van der Waals surface area contributed by atoms with Gasteiger partial charge in [-0.3, -0.25) is 4.79 Å². The summed E-state index contributed by atoms with van der Waals surface area (Å²) in [4.78, 5) is 16.9. The first-order valence-corrected chi connectivity index (χ1v) is 9.51. The maximum Gasteiger partial charge on any atom is 0.222 e. The lowest BCUT2D eigenvalue weighted by atomic mass is 9.73. The predicted octanol–water partition coefficient (Wildman–Crippen LogP) is 3.19. The number of anilines is 1. The topological polar surface area (TPSA) is 49.3 Å². The number of benzene rings is 1. The van der Waals surface area contributed by atoms with E-state index in [0.717, 1.165) is 44.0 Å². The number of carbonyl (C=O) groups excluding carboxylic acids is 1. The quantitative estimate of drug-likeness (QED) is 0.853. The molecule has 5 nitrogen and oxygen atoms in total. The second-order valence-electron chi connectivity index (χ2n) is 7.79. The summed E-state index contributed by atoms with van der Waals surface area (Å²) in [5.74, 6) is 1.24. The van der Waals surface area contributed by atoms with E-state index in [0.29, 0.717) is 13.0 Å². The van der Waals surface area contributed by atoms with Gasteiger partial charge in [0.05, 0.1) is 5.69 Å². The molecule has 2 aromatic rings. The van der Waals surface area contributed by atoms with Crippen LogP contribution < -0.4 is 4.90 Å². The van der Waals surface area contributed by atoms with Crippen LogP contribution in [-0.2, 0) is 11.3 Å². The minimum absolute atomic E-state index is 0.174. The molecule has 0 bridgehead atoms. The fraction of sp³-hybridized carbons (Fsp3) is 0.476. The fourth-order valence-electron chi connectivity index (χ4n) is 4.35. The lowest BCUT2D eigenvalue weighted by Gasteiger charge is -2.48. The van der Waals surface area contributed by atoms with Gasteiger partial charge in [-0.05, 0) is 43.9 Å². The standard InChI is InChI=1S/C21H26N4O/c1-17-8-9-19(23-22-17)24-13-5-11-21(15-24)12-10-20(26)25(16-21)14-18-6-3-2-4-7-18/h2-4,6-9H,5,10-16H2,1H3/t21-/m0/s1. The Labute approximate surface area is 155 Å². The molecular weight excluding hydrogens is 324 g/mol. The smallest absolute Gasteiger partial charge is 0.222 e. The van der Waals surface area contributed by atoms with Crippen LogP contribution in [0.15, 0.2) is 42.5 Å². The highest BCUT2D eigenvalue weighted by Gasteiger charge is 2.42. The number of nitrogens with zero attached hydrogens (tertiary/aromatic N) is 4. The highest BCUT2D eigenvalue weighted by atomic mass is 16.2. The number of aryl methyl sites for hydroxylation is 1. The van der Waals surface area contributed by atoms with Crippen molar-refractivity contribution in [2.24, 2.45) is 5.41 Å². The summed E-state index contributed by atoms with van der Waals surface area (Å²) < 4.78 is 0. The Hall–Kier alpha value is -2.43. The van der Waals surface area contributed by atoms with Crippen molar-refractivity contribution in [3.8, 4) is 0 Å². The van der Waals surface area contributed by atoms with Crippen molar-refractivity contribution in [2.75, 3.05) is 24.5 Å². The number of carbonyl (C=O) groups is 1. The maximum atomic E-state index is 12.5. The molecule has 0 saturated carbocycles. The molecule has 4 rings (SSSR count). The van der Waals surface area contributed by atoms with Crippen molar-refractivity contribution in [1.82, 2.24) is 15.1 Å². The number of rotatable bonds is 3. The molecule has 2 fully saturated rings. The number of amides is 1. The summed E-state index contributed by atoms with van der Waals surface area (Å²) in [5, 5.41) is 8.59. The summed E-state index contributed by atoms with van der Waals surface area (Å²) in [7, 11) is 0. The Kier molecular flexibility index (Phi) is 4.62. The summed E-state index contributed by atoms with van der Waals surface area (Å²) in [6.45, 7) is 5.50. The average molecular weight is 350 g/mol. The Morgan fingerprint density at radius 3 is 2.65 bits per heavy atom. The number of aromatic nitrogens is 2. The van der Waals surface area contributed by atoms with E-state index in [9.17, 15) is 4.79 Å². The molecule has 0 aliphatic carbocycles. The summed E-state index contributed by atoms with van der Waals surface area (Å²) >= 11 is 0. The van der Waals surface area contributed by atoms with Gasteiger partial charge in [0.1, 0.15) is 0 Å². The van der Waals surface area contributed by atoms with Crippen molar-refractivity contribution in [1.29, 1.82) is 0 Å². The predicted molar refractivity (Wildman–Crippen MR) is 102 cm³/mol. The average Bonchev–Trinajstić information content (AvgIpc) is 2.67. The number of likely N-dealkylation sites (tertiary alicyclic amines) is 1. The maximum absolute atomic E-state index is 12.5. The van der Waals surface area contributed by atoms with E-state index in [1.807, 2.05) is 31.2 Å². The van der Waals surface area contributed by atoms with E-state index in [1.54, 1.807) is 0 Å². The second-order valence-corrected chi connectivity index (χ2v) is 7.79. The zero-order valence-electron chi connectivity index (χ0n) is 15.4. The molecule has 2 aliphatic heterocycles. The Morgan fingerprint density at radius 1 is 1.04 bits per heavy atom. The summed E-state index contributed by atoms with van der Waals surface area (Å²) in [5.41, 5.74) is 2.32. The van der Waals surface area contributed by atoms with Gasteiger partial charge in [-0.2, -0.15) is 5.10 Å². The summed E-state index contributed by atoms with van der Waals surface area (Å²) in [6, 6.07) is 14.4. The van der Waals surface area contributed by atoms with E-state index in [-0.39, 0.29) is 11.3 Å². The molecule has 1 aromatic heterocycles. The third kappa shape index (κ3) is 3.57. The second kappa shape index (κ2) is 7.06. The molecule has 5 heteroatoms. The summed E-state index contributed by atoms with van der Waals surface area (Å²) in [6.07, 6.45) is 3.96. The molecule has 2 aliphatic rings. The van der Waals surface area contributed by atoms with Crippen LogP contribution in [0.5, 0.6) is 0 Å². The van der Waals surface area contributed by atoms with Gasteiger partial charge in [-0.25, -0.2) is 0 Å². The zero-order chi connectivity index (χ0) is 18.0. The SMILES string of the molecule is Cc1ccc(N2CCC[C@]3(CCC(=O)N(Cc4ccccc4)C3)C2)nn1. The van der Waals surface area contributed by atoms with Crippen LogP contribution in [0.3, 0.4) is 0 Å². The van der Waals surface area contributed by atoms with Crippen molar-refractivity contribution in [3.05, 3.63) is 53.7 Å². The van der Waals surface area contributed by atoms with Gasteiger partial charge >= 0.3 is 0 Å². The highest BCUT2D eigenvalue weighted by molar-refractivity contribution is 5.77. The van der Waals surface area contributed by atoms with Crippen LogP contribution in [0.4, 0.5) is 5.82 Å². The Bertz CT molecular complexity index is 761. The third-order valence-corrected chi connectivity index (χ3v) is 5.73. The van der Waals surface area contributed by atoms with Gasteiger partial charge in [-0.1, -0.05) is 30.3 Å². The molecule has 0 radical (unpaired) electrons.